The predicted octanol–water partition coefficient (Wildman–Crippen LogP) is 5.49. The number of unbranched alkanes of at least 4 members (excludes halogenated alkanes) is 7. The molecule has 5 rings (SSSR count). The van der Waals surface area contributed by atoms with E-state index in [0.717, 1.165) is 62.4 Å². The van der Waals surface area contributed by atoms with Gasteiger partial charge in [0.1, 0.15) is 11.9 Å². The summed E-state index contributed by atoms with van der Waals surface area (Å²) in [5, 5.41) is 25.1. The van der Waals surface area contributed by atoms with Crippen molar-refractivity contribution in [2.45, 2.75) is 89.2 Å². The number of amides is 1. The number of hydrogen-bond donors (Lipinski definition) is 3. The molecule has 2 bridgehead atoms. The molecule has 9 heteroatoms. The highest BCUT2D eigenvalue weighted by Crippen LogP contribution is 2.56. The average Bonchev–Trinajstić information content (AvgIpc) is 3.67. The van der Waals surface area contributed by atoms with Gasteiger partial charge < -0.3 is 25.2 Å². The van der Waals surface area contributed by atoms with Crippen molar-refractivity contribution < 1.29 is 19.7 Å². The first kappa shape index (κ1) is 29.3. The number of nitrogens with one attached hydrogen (secondary N) is 1. The smallest absolute Gasteiger partial charge is 0.407 e. The summed E-state index contributed by atoms with van der Waals surface area (Å²) >= 11 is 0. The summed E-state index contributed by atoms with van der Waals surface area (Å²) < 4.78 is 7.48. The quantitative estimate of drug-likeness (QED) is 0.194. The van der Waals surface area contributed by atoms with E-state index in [1.54, 1.807) is 0 Å². The van der Waals surface area contributed by atoms with Gasteiger partial charge in [-0.3, -0.25) is 9.47 Å². The van der Waals surface area contributed by atoms with Crippen LogP contribution in [0.3, 0.4) is 0 Å². The van der Waals surface area contributed by atoms with Gasteiger partial charge in [0.2, 0.25) is 0 Å². The number of ether oxygens (including phenoxy) is 1. The predicted molar refractivity (Wildman–Crippen MR) is 161 cm³/mol. The summed E-state index contributed by atoms with van der Waals surface area (Å²) in [6.07, 6.45) is 15.7. The van der Waals surface area contributed by atoms with Crippen LogP contribution in [0, 0.1) is 0 Å². The van der Waals surface area contributed by atoms with E-state index in [1.165, 1.54) is 43.1 Å². The van der Waals surface area contributed by atoms with Crippen molar-refractivity contribution in [3.05, 3.63) is 47.7 Å². The Kier molecular flexibility index (Phi) is 10.1. The number of carbonyl (C=O) groups excluding carboxylic acids is 1. The molecule has 2 aromatic rings. The number of pyridine rings is 1. The van der Waals surface area contributed by atoms with Gasteiger partial charge >= 0.3 is 6.09 Å². The third-order valence-electron chi connectivity index (χ3n) is 8.88. The van der Waals surface area contributed by atoms with E-state index in [2.05, 4.69) is 39.2 Å². The molecule has 1 saturated heterocycles. The molecule has 2 aliphatic carbocycles. The van der Waals surface area contributed by atoms with Crippen molar-refractivity contribution in [1.82, 2.24) is 19.8 Å². The summed E-state index contributed by atoms with van der Waals surface area (Å²) in [6.45, 7) is 6.83. The second-order valence-electron chi connectivity index (χ2n) is 11.8. The van der Waals surface area contributed by atoms with Crippen LogP contribution in [0.15, 0.2) is 36.5 Å². The lowest BCUT2D eigenvalue weighted by molar-refractivity contribution is 0.0557. The molecule has 9 nitrogen and oxygen atoms in total. The van der Waals surface area contributed by atoms with Crippen molar-refractivity contribution in [3.63, 3.8) is 0 Å². The van der Waals surface area contributed by atoms with Gasteiger partial charge in [0.05, 0.1) is 6.54 Å². The fourth-order valence-corrected chi connectivity index (χ4v) is 6.63. The number of nitrogens with zero attached hydrogens (tertiary/aromatic N) is 4. The molecule has 3 atom stereocenters. The molecule has 3 heterocycles. The fourth-order valence-electron chi connectivity index (χ4n) is 6.63. The van der Waals surface area contributed by atoms with E-state index < -0.39 is 12.2 Å². The Balaban J connectivity index is 1.16. The number of alkyl carbamates (subject to hydrolysis) is 1. The van der Waals surface area contributed by atoms with Gasteiger partial charge in [-0.05, 0) is 25.0 Å². The number of piperazine rings is 1. The molecule has 3 N–H and O–H groups in total. The number of rotatable bonds is 15. The molecule has 0 radical (unpaired) electrons. The Morgan fingerprint density at radius 2 is 1.61 bits per heavy atom. The highest BCUT2D eigenvalue weighted by Gasteiger charge is 2.41. The molecule has 0 aromatic carbocycles. The number of aromatic hydroxyl groups is 2. The van der Waals surface area contributed by atoms with Crippen LogP contribution in [0.25, 0.3) is 0 Å². The lowest BCUT2D eigenvalue weighted by Gasteiger charge is -2.36. The molecule has 0 spiro atoms. The fraction of sp³-hybridized carbons (Fsp3) is 0.625. The molecular weight excluding hydrogens is 518 g/mol. The summed E-state index contributed by atoms with van der Waals surface area (Å²) in [7, 11) is 0. The Hall–Kier alpha value is -3.20. The number of allylic oxidation sites excluding steroid dienone is 2. The van der Waals surface area contributed by atoms with E-state index in [1.807, 2.05) is 24.4 Å². The molecular formula is C32H47N5O4. The number of carbonyl (C=O) groups is 1. The summed E-state index contributed by atoms with van der Waals surface area (Å²) in [5.41, 5.74) is 1.66. The zero-order valence-electron chi connectivity index (χ0n) is 24.5. The van der Waals surface area contributed by atoms with Crippen molar-refractivity contribution in [3.8, 4) is 11.8 Å². The molecule has 1 amide bonds. The molecule has 3 unspecified atom stereocenters. The number of hydrogen-bond acceptors (Lipinski definition) is 7. The maximum atomic E-state index is 12.8. The first-order valence-electron chi connectivity index (χ1n) is 15.7. The number of aromatic nitrogens is 2. The third-order valence-corrected chi connectivity index (χ3v) is 8.88. The van der Waals surface area contributed by atoms with Gasteiger partial charge in [0.25, 0.3) is 0 Å². The largest absolute Gasteiger partial charge is 0.494 e. The van der Waals surface area contributed by atoms with Gasteiger partial charge in [-0.2, -0.15) is 0 Å². The maximum absolute atomic E-state index is 12.8. The Labute approximate surface area is 244 Å². The normalized spacial score (nSPS) is 20.4. The van der Waals surface area contributed by atoms with Crippen LogP contribution in [0.1, 0.15) is 87.7 Å². The number of anilines is 1. The molecule has 2 aromatic heterocycles. The minimum Gasteiger partial charge on any atom is -0.494 e. The first-order valence-corrected chi connectivity index (χ1v) is 15.7. The highest BCUT2D eigenvalue weighted by atomic mass is 16.6. The monoisotopic (exact) mass is 565 g/mol. The molecule has 1 fully saturated rings. The topological polar surface area (TPSA) is 103 Å². The van der Waals surface area contributed by atoms with Crippen LogP contribution in [0.5, 0.6) is 11.8 Å². The second kappa shape index (κ2) is 14.1. The zero-order valence-corrected chi connectivity index (χ0v) is 24.5. The standard InChI is InChI=1S/C32H47N5O4/c1-2-3-4-5-6-7-8-10-16-34-32(40)41-26(22-35-17-19-36(20-18-35)27-12-9-11-15-33-27)23-37-30(38)28-24-13-14-25(21-24)29(28)31(37)39/h9,11-15,24-26,38-39H,2-8,10,16-23H2,1H3,(H,34,40). The molecule has 0 saturated carbocycles. The lowest BCUT2D eigenvalue weighted by Crippen LogP contribution is -2.50. The van der Waals surface area contributed by atoms with Gasteiger partial charge in [-0.1, -0.05) is 70.1 Å². The van der Waals surface area contributed by atoms with Crippen molar-refractivity contribution in [2.24, 2.45) is 0 Å². The van der Waals surface area contributed by atoms with Crippen molar-refractivity contribution in [2.75, 3.05) is 44.2 Å². The summed E-state index contributed by atoms with van der Waals surface area (Å²) in [5.74, 6) is 1.47. The van der Waals surface area contributed by atoms with Crippen LogP contribution in [0.2, 0.25) is 0 Å². The lowest BCUT2D eigenvalue weighted by atomic mass is 10.0. The molecule has 3 aliphatic rings. The molecule has 41 heavy (non-hydrogen) atoms. The van der Waals surface area contributed by atoms with E-state index in [0.29, 0.717) is 13.1 Å². The third kappa shape index (κ3) is 7.18. The highest BCUT2D eigenvalue weighted by molar-refractivity contribution is 5.67. The van der Waals surface area contributed by atoms with Gasteiger partial charge in [-0.25, -0.2) is 9.78 Å². The van der Waals surface area contributed by atoms with Gasteiger partial charge in [0, 0.05) is 68.4 Å². The molecule has 1 aliphatic heterocycles. The van der Waals surface area contributed by atoms with Crippen LogP contribution in [-0.2, 0) is 11.3 Å². The van der Waals surface area contributed by atoms with Crippen LogP contribution < -0.4 is 10.2 Å². The molecule has 224 valence electrons. The Morgan fingerprint density at radius 3 is 2.24 bits per heavy atom. The Morgan fingerprint density at radius 1 is 0.951 bits per heavy atom. The number of fused-ring (bicyclic) bond motifs is 5. The van der Waals surface area contributed by atoms with E-state index in [9.17, 15) is 15.0 Å². The average molecular weight is 566 g/mol. The first-order chi connectivity index (χ1) is 20.0. The zero-order chi connectivity index (χ0) is 28.6. The van der Waals surface area contributed by atoms with E-state index in [4.69, 9.17) is 4.74 Å². The van der Waals surface area contributed by atoms with Crippen molar-refractivity contribution in [1.29, 1.82) is 0 Å². The van der Waals surface area contributed by atoms with Gasteiger partial charge in [0.15, 0.2) is 11.8 Å². The maximum Gasteiger partial charge on any atom is 0.407 e. The van der Waals surface area contributed by atoms with E-state index in [-0.39, 0.29) is 30.1 Å². The minimum atomic E-state index is -0.523. The second-order valence-corrected chi connectivity index (χ2v) is 11.8. The van der Waals surface area contributed by atoms with Crippen molar-refractivity contribution >= 4 is 11.9 Å². The SMILES string of the molecule is CCCCCCCCCCNC(=O)OC(CN1CCN(c2ccccn2)CC1)Cn1c(O)c2c(c1O)C1C=CC2C1. The Bertz CT molecular complexity index is 1120. The van der Waals surface area contributed by atoms with Gasteiger partial charge in [-0.15, -0.1) is 0 Å². The van der Waals surface area contributed by atoms with Crippen LogP contribution in [-0.4, -0.2) is 76.1 Å². The summed E-state index contributed by atoms with van der Waals surface area (Å²) in [6, 6.07) is 5.95. The van der Waals surface area contributed by atoms with Crippen LogP contribution >= 0.6 is 0 Å². The van der Waals surface area contributed by atoms with Crippen LogP contribution in [0.4, 0.5) is 10.6 Å². The minimum absolute atomic E-state index is 0.0993. The van der Waals surface area contributed by atoms with E-state index >= 15 is 0 Å². The summed E-state index contributed by atoms with van der Waals surface area (Å²) in [4.78, 5) is 21.9.